The van der Waals surface area contributed by atoms with Gasteiger partial charge >= 0.3 is 0 Å². The molecule has 0 aromatic heterocycles. The summed E-state index contributed by atoms with van der Waals surface area (Å²) in [5.41, 5.74) is 0. The molecule has 2 aliphatic rings. The van der Waals surface area contributed by atoms with E-state index in [2.05, 4.69) is 55.0 Å². The van der Waals surface area contributed by atoms with Gasteiger partial charge in [0, 0.05) is 36.5 Å². The van der Waals surface area contributed by atoms with Crippen molar-refractivity contribution in [1.29, 1.82) is 0 Å². The van der Waals surface area contributed by atoms with E-state index in [-0.39, 0.29) is 24.0 Å². The molecule has 0 bridgehead atoms. The highest BCUT2D eigenvalue weighted by Gasteiger charge is 2.26. The molecular formula is C18H37IN4OS. The Labute approximate surface area is 175 Å². The number of ether oxygens (including phenoxy) is 1. The number of rotatable bonds is 7. The zero-order valence-electron chi connectivity index (χ0n) is 16.3. The summed E-state index contributed by atoms with van der Waals surface area (Å²) in [6.45, 7) is 13.3. The number of nitrogens with zero attached hydrogens (tertiary/aromatic N) is 2. The fraction of sp³-hybridized carbons (Fsp3) is 0.944. The van der Waals surface area contributed by atoms with Crippen molar-refractivity contribution in [3.8, 4) is 0 Å². The molecule has 0 aromatic rings. The van der Waals surface area contributed by atoms with Gasteiger partial charge in [-0.25, -0.2) is 0 Å². The molecule has 1 heterocycles. The van der Waals surface area contributed by atoms with Crippen LogP contribution in [0, 0.1) is 0 Å². The molecule has 1 aliphatic heterocycles. The number of hydrogen-bond acceptors (Lipinski definition) is 4. The van der Waals surface area contributed by atoms with Crippen LogP contribution in [0.25, 0.3) is 0 Å². The molecule has 2 N–H and O–H groups in total. The monoisotopic (exact) mass is 484 g/mol. The Balaban J connectivity index is 0.00000312. The zero-order chi connectivity index (χ0) is 17.4. The molecule has 5 nitrogen and oxygen atoms in total. The van der Waals surface area contributed by atoms with Crippen LogP contribution in [0.15, 0.2) is 4.99 Å². The molecule has 148 valence electrons. The van der Waals surface area contributed by atoms with Gasteiger partial charge in [0.1, 0.15) is 0 Å². The summed E-state index contributed by atoms with van der Waals surface area (Å²) in [7, 11) is 0. The molecule has 1 aliphatic carbocycles. The highest BCUT2D eigenvalue weighted by Crippen LogP contribution is 2.29. The van der Waals surface area contributed by atoms with Gasteiger partial charge in [0.2, 0.25) is 0 Å². The van der Waals surface area contributed by atoms with E-state index in [9.17, 15) is 0 Å². The van der Waals surface area contributed by atoms with Gasteiger partial charge in [0.15, 0.2) is 5.96 Å². The molecule has 0 radical (unpaired) electrons. The number of morpholine rings is 1. The third kappa shape index (κ3) is 7.81. The van der Waals surface area contributed by atoms with Crippen molar-refractivity contribution in [3.05, 3.63) is 0 Å². The van der Waals surface area contributed by atoms with Crippen LogP contribution in [0.5, 0.6) is 0 Å². The molecule has 1 saturated heterocycles. The third-order valence-corrected chi connectivity index (χ3v) is 6.20. The summed E-state index contributed by atoms with van der Waals surface area (Å²) >= 11 is 2.10. The Morgan fingerprint density at radius 1 is 1.36 bits per heavy atom. The van der Waals surface area contributed by atoms with E-state index in [1.165, 1.54) is 25.0 Å². The molecule has 0 aromatic carbocycles. The van der Waals surface area contributed by atoms with Crippen LogP contribution in [0.2, 0.25) is 0 Å². The van der Waals surface area contributed by atoms with Crippen molar-refractivity contribution in [3.63, 3.8) is 0 Å². The van der Waals surface area contributed by atoms with Crippen LogP contribution in [0.4, 0.5) is 0 Å². The predicted octanol–water partition coefficient (Wildman–Crippen LogP) is 2.94. The number of guanidine groups is 1. The van der Waals surface area contributed by atoms with Gasteiger partial charge in [-0.1, -0.05) is 6.92 Å². The summed E-state index contributed by atoms with van der Waals surface area (Å²) in [5.74, 6) is 2.21. The second-order valence-electron chi connectivity index (χ2n) is 6.96. The first-order chi connectivity index (χ1) is 11.6. The van der Waals surface area contributed by atoms with Crippen molar-refractivity contribution in [2.45, 2.75) is 70.3 Å². The standard InChI is InChI=1S/C18H36N4OS.HI/c1-5-19-18(21-16-7-8-17(11-16)24-6-2)20-12-14(3)22-9-10-23-13-15(22)4;/h14-17H,5-13H2,1-4H3,(H2,19,20,21);1H. The fourth-order valence-electron chi connectivity index (χ4n) is 3.69. The predicted molar refractivity (Wildman–Crippen MR) is 121 cm³/mol. The molecule has 2 fully saturated rings. The highest BCUT2D eigenvalue weighted by atomic mass is 127. The average Bonchev–Trinajstić information content (AvgIpc) is 3.00. The topological polar surface area (TPSA) is 48.9 Å². The quantitative estimate of drug-likeness (QED) is 0.331. The zero-order valence-corrected chi connectivity index (χ0v) is 19.4. The molecule has 7 heteroatoms. The van der Waals surface area contributed by atoms with Crippen LogP contribution in [-0.2, 0) is 4.74 Å². The summed E-state index contributed by atoms with van der Waals surface area (Å²) in [6.07, 6.45) is 3.86. The number of aliphatic imine (C=N–C) groups is 1. The summed E-state index contributed by atoms with van der Waals surface area (Å²) in [5, 5.41) is 7.89. The molecule has 0 spiro atoms. The second kappa shape index (κ2) is 12.6. The van der Waals surface area contributed by atoms with Crippen molar-refractivity contribution in [2.24, 2.45) is 4.99 Å². The van der Waals surface area contributed by atoms with E-state index in [4.69, 9.17) is 9.73 Å². The first-order valence-corrected chi connectivity index (χ1v) is 10.7. The van der Waals surface area contributed by atoms with Crippen LogP contribution in [-0.4, -0.2) is 72.8 Å². The maximum Gasteiger partial charge on any atom is 0.191 e. The Hall–Kier alpha value is 0.270. The van der Waals surface area contributed by atoms with Crippen LogP contribution < -0.4 is 10.6 Å². The number of halogens is 1. The maximum absolute atomic E-state index is 5.54. The lowest BCUT2D eigenvalue weighted by molar-refractivity contribution is -0.0165. The lowest BCUT2D eigenvalue weighted by Crippen LogP contribution is -2.50. The van der Waals surface area contributed by atoms with Crippen LogP contribution in [0.1, 0.15) is 47.0 Å². The van der Waals surface area contributed by atoms with Crippen molar-refractivity contribution < 1.29 is 4.74 Å². The minimum atomic E-state index is 0. The molecule has 4 atom stereocenters. The molecule has 0 amide bonds. The highest BCUT2D eigenvalue weighted by molar-refractivity contribution is 14.0. The summed E-state index contributed by atoms with van der Waals surface area (Å²) < 4.78 is 5.54. The normalized spacial score (nSPS) is 29.1. The molecule has 4 unspecified atom stereocenters. The van der Waals surface area contributed by atoms with Crippen molar-refractivity contribution >= 4 is 41.7 Å². The summed E-state index contributed by atoms with van der Waals surface area (Å²) in [4.78, 5) is 7.38. The van der Waals surface area contributed by atoms with E-state index < -0.39 is 0 Å². The molecule has 1 saturated carbocycles. The smallest absolute Gasteiger partial charge is 0.191 e. The molecule has 25 heavy (non-hydrogen) atoms. The maximum atomic E-state index is 5.54. The van der Waals surface area contributed by atoms with Gasteiger partial charge in [-0.2, -0.15) is 11.8 Å². The second-order valence-corrected chi connectivity index (χ2v) is 8.54. The largest absolute Gasteiger partial charge is 0.379 e. The van der Waals surface area contributed by atoms with Gasteiger partial charge in [-0.3, -0.25) is 9.89 Å². The fourth-order valence-corrected chi connectivity index (χ4v) is 4.84. The minimum Gasteiger partial charge on any atom is -0.379 e. The van der Waals surface area contributed by atoms with E-state index in [0.29, 0.717) is 18.1 Å². The third-order valence-electron chi connectivity index (χ3n) is 4.97. The van der Waals surface area contributed by atoms with E-state index in [0.717, 1.165) is 44.1 Å². The molecule has 2 rings (SSSR count). The van der Waals surface area contributed by atoms with E-state index in [1.807, 2.05) is 0 Å². The Kier molecular flexibility index (Phi) is 11.8. The lowest BCUT2D eigenvalue weighted by atomic mass is 10.2. The van der Waals surface area contributed by atoms with Crippen LogP contribution in [0.3, 0.4) is 0 Å². The van der Waals surface area contributed by atoms with Gasteiger partial charge in [-0.05, 0) is 45.8 Å². The SMILES string of the molecule is CCNC(=NCC(C)N1CCOCC1C)NC1CCC(SCC)C1.I. The van der Waals surface area contributed by atoms with Crippen LogP contribution >= 0.6 is 35.7 Å². The first-order valence-electron chi connectivity index (χ1n) is 9.63. The summed E-state index contributed by atoms with van der Waals surface area (Å²) in [6, 6.07) is 1.51. The van der Waals surface area contributed by atoms with Gasteiger partial charge in [0.05, 0.1) is 19.8 Å². The Morgan fingerprint density at radius 3 is 2.84 bits per heavy atom. The minimum absolute atomic E-state index is 0. The van der Waals surface area contributed by atoms with Gasteiger partial charge < -0.3 is 15.4 Å². The average molecular weight is 484 g/mol. The van der Waals surface area contributed by atoms with E-state index >= 15 is 0 Å². The first kappa shape index (κ1) is 23.3. The van der Waals surface area contributed by atoms with E-state index in [1.54, 1.807) is 0 Å². The van der Waals surface area contributed by atoms with Crippen molar-refractivity contribution in [2.75, 3.05) is 38.6 Å². The number of hydrogen-bond donors (Lipinski definition) is 2. The van der Waals surface area contributed by atoms with Gasteiger partial charge in [0.25, 0.3) is 0 Å². The Bertz CT molecular complexity index is 399. The Morgan fingerprint density at radius 2 is 2.16 bits per heavy atom. The van der Waals surface area contributed by atoms with Gasteiger partial charge in [-0.15, -0.1) is 24.0 Å². The molecular weight excluding hydrogens is 447 g/mol. The lowest BCUT2D eigenvalue weighted by Gasteiger charge is -2.37. The number of thioether (sulfide) groups is 1. The number of nitrogens with one attached hydrogen (secondary N) is 2. The van der Waals surface area contributed by atoms with Crippen molar-refractivity contribution in [1.82, 2.24) is 15.5 Å².